The van der Waals surface area contributed by atoms with Crippen LogP contribution in [0.1, 0.15) is 0 Å². The summed E-state index contributed by atoms with van der Waals surface area (Å²) in [5.41, 5.74) is 1.32. The second-order valence-corrected chi connectivity index (χ2v) is 4.12. The fraction of sp³-hybridized carbons (Fsp3) is 0.250. The predicted octanol–water partition coefficient (Wildman–Crippen LogP) is -0.0969. The molecule has 0 aliphatic carbocycles. The first kappa shape index (κ1) is 11.4. The summed E-state index contributed by atoms with van der Waals surface area (Å²) in [7, 11) is 2.42. The maximum Gasteiger partial charge on any atom is 0.488 e. The van der Waals surface area contributed by atoms with Crippen LogP contribution >= 0.6 is 12.1 Å². The van der Waals surface area contributed by atoms with Crippen molar-refractivity contribution >= 4 is 30.4 Å². The van der Waals surface area contributed by atoms with Crippen LogP contribution in [0.3, 0.4) is 0 Å². The van der Waals surface area contributed by atoms with E-state index in [9.17, 15) is 0 Å². The van der Waals surface area contributed by atoms with Gasteiger partial charge in [-0.05, 0) is 31.7 Å². The van der Waals surface area contributed by atoms with Crippen molar-refractivity contribution in [3.63, 3.8) is 0 Å². The van der Waals surface area contributed by atoms with E-state index in [0.717, 1.165) is 5.69 Å². The van der Waals surface area contributed by atoms with E-state index in [2.05, 4.69) is 4.72 Å². The predicted molar refractivity (Wildman–Crippen MR) is 61.2 cm³/mol. The van der Waals surface area contributed by atoms with Crippen molar-refractivity contribution in [3.05, 3.63) is 24.3 Å². The quantitative estimate of drug-likeness (QED) is 0.480. The number of rotatable bonds is 4. The fourth-order valence-corrected chi connectivity index (χ4v) is 1.32. The smallest absolute Gasteiger partial charge is 0.423 e. The number of hydrogen-bond acceptors (Lipinski definition) is 5. The number of anilines is 1. The van der Waals surface area contributed by atoms with Crippen LogP contribution in [-0.4, -0.2) is 35.6 Å². The molecule has 14 heavy (non-hydrogen) atoms. The van der Waals surface area contributed by atoms with Crippen molar-refractivity contribution in [2.24, 2.45) is 0 Å². The zero-order valence-electron chi connectivity index (χ0n) is 8.14. The highest BCUT2D eigenvalue weighted by atomic mass is 32.2. The maximum atomic E-state index is 8.94. The molecule has 6 heteroatoms. The molecule has 1 aromatic carbocycles. The Balaban J connectivity index is 2.64. The lowest BCUT2D eigenvalue weighted by molar-refractivity contribution is 0.426. The Morgan fingerprint density at radius 3 is 2.64 bits per heavy atom. The van der Waals surface area contributed by atoms with Crippen LogP contribution in [0.5, 0.6) is 0 Å². The third kappa shape index (κ3) is 3.59. The lowest BCUT2D eigenvalue weighted by Crippen LogP contribution is -2.29. The summed E-state index contributed by atoms with van der Waals surface area (Å²) in [4.78, 5) is 0. The highest BCUT2D eigenvalue weighted by Gasteiger charge is 2.10. The summed E-state index contributed by atoms with van der Waals surface area (Å²) in [6.07, 6.45) is 0. The van der Waals surface area contributed by atoms with Gasteiger partial charge < -0.3 is 14.8 Å². The summed E-state index contributed by atoms with van der Waals surface area (Å²) in [6, 6.07) is 6.99. The largest absolute Gasteiger partial charge is 0.488 e. The third-order valence-electron chi connectivity index (χ3n) is 1.53. The summed E-state index contributed by atoms with van der Waals surface area (Å²) < 4.78 is 4.96. The van der Waals surface area contributed by atoms with Gasteiger partial charge in [-0.25, -0.2) is 4.31 Å². The molecule has 0 saturated carbocycles. The minimum absolute atomic E-state index is 0.481. The molecule has 1 aromatic rings. The molecule has 76 valence electrons. The van der Waals surface area contributed by atoms with E-state index in [1.165, 1.54) is 12.1 Å². The van der Waals surface area contributed by atoms with Gasteiger partial charge in [-0.3, -0.25) is 0 Å². The molecule has 0 radical (unpaired) electrons. The topological polar surface area (TPSA) is 55.7 Å². The third-order valence-corrected chi connectivity index (χ3v) is 2.22. The van der Waals surface area contributed by atoms with Crippen LogP contribution < -0.4 is 10.2 Å². The summed E-state index contributed by atoms with van der Waals surface area (Å²) in [6.45, 7) is 0. The zero-order chi connectivity index (χ0) is 10.6. The Bertz CT molecular complexity index is 296. The van der Waals surface area contributed by atoms with Gasteiger partial charge in [-0.1, -0.05) is 12.1 Å². The van der Waals surface area contributed by atoms with Gasteiger partial charge >= 0.3 is 7.12 Å². The molecular weight excluding hydrogens is 199 g/mol. The van der Waals surface area contributed by atoms with Crippen molar-refractivity contribution in [2.45, 2.75) is 0 Å². The number of nitrogens with one attached hydrogen (secondary N) is 1. The number of benzene rings is 1. The van der Waals surface area contributed by atoms with Crippen molar-refractivity contribution in [3.8, 4) is 0 Å². The van der Waals surface area contributed by atoms with Crippen molar-refractivity contribution < 1.29 is 10.0 Å². The van der Waals surface area contributed by atoms with Gasteiger partial charge in [0.25, 0.3) is 0 Å². The molecule has 1 rings (SSSR count). The maximum absolute atomic E-state index is 8.94. The summed E-state index contributed by atoms with van der Waals surface area (Å²) in [5, 5.41) is 17.9. The standard InChI is InChI=1S/C8H13BN2O2S/c1-11(2)14-10-8-5-3-4-7(6-8)9(12)13/h3-6,10,12-13H,1-2H3. The molecule has 0 saturated heterocycles. The number of nitrogens with zero attached hydrogens (tertiary/aromatic N) is 1. The molecule has 0 aromatic heterocycles. The highest BCUT2D eigenvalue weighted by molar-refractivity contribution is 7.98. The highest BCUT2D eigenvalue weighted by Crippen LogP contribution is 2.11. The van der Waals surface area contributed by atoms with Crippen LogP contribution in [0, 0.1) is 0 Å². The first-order valence-electron chi connectivity index (χ1n) is 4.16. The summed E-state index contributed by atoms with van der Waals surface area (Å²) in [5.74, 6) is 0. The van der Waals surface area contributed by atoms with Gasteiger partial charge in [0.05, 0.1) is 0 Å². The Labute approximate surface area is 88.3 Å². The molecule has 0 heterocycles. The van der Waals surface area contributed by atoms with E-state index in [0.29, 0.717) is 5.46 Å². The van der Waals surface area contributed by atoms with Gasteiger partial charge in [0.15, 0.2) is 0 Å². The van der Waals surface area contributed by atoms with Crippen molar-refractivity contribution in [2.75, 3.05) is 18.8 Å². The lowest BCUT2D eigenvalue weighted by atomic mass is 9.80. The van der Waals surface area contributed by atoms with Crippen molar-refractivity contribution in [1.82, 2.24) is 4.31 Å². The molecular formula is C8H13BN2O2S. The van der Waals surface area contributed by atoms with E-state index in [1.54, 1.807) is 18.2 Å². The summed E-state index contributed by atoms with van der Waals surface area (Å²) >= 11 is 1.42. The monoisotopic (exact) mass is 212 g/mol. The molecule has 0 amide bonds. The van der Waals surface area contributed by atoms with E-state index >= 15 is 0 Å². The van der Waals surface area contributed by atoms with Gasteiger partial charge in [-0.2, -0.15) is 0 Å². The second kappa shape index (κ2) is 5.26. The lowest BCUT2D eigenvalue weighted by Gasteiger charge is -2.11. The van der Waals surface area contributed by atoms with Crippen LogP contribution in [-0.2, 0) is 0 Å². The normalized spacial score (nSPS) is 10.4. The van der Waals surface area contributed by atoms with Gasteiger partial charge in [0.2, 0.25) is 0 Å². The first-order valence-corrected chi connectivity index (χ1v) is 4.93. The Morgan fingerprint density at radius 2 is 2.07 bits per heavy atom. The minimum Gasteiger partial charge on any atom is -0.423 e. The van der Waals surface area contributed by atoms with E-state index in [-0.39, 0.29) is 0 Å². The van der Waals surface area contributed by atoms with Gasteiger partial charge in [-0.15, -0.1) is 0 Å². The molecule has 0 spiro atoms. The molecule has 0 atom stereocenters. The molecule has 0 fully saturated rings. The molecule has 0 aliphatic heterocycles. The van der Waals surface area contributed by atoms with Gasteiger partial charge in [0, 0.05) is 17.8 Å². The molecule has 3 N–H and O–H groups in total. The molecule has 0 bridgehead atoms. The van der Waals surface area contributed by atoms with Crippen LogP contribution in [0.25, 0.3) is 0 Å². The SMILES string of the molecule is CN(C)SNc1cccc(B(O)O)c1. The molecule has 0 unspecified atom stereocenters. The van der Waals surface area contributed by atoms with E-state index in [4.69, 9.17) is 10.0 Å². The van der Waals surface area contributed by atoms with E-state index < -0.39 is 7.12 Å². The van der Waals surface area contributed by atoms with E-state index in [1.807, 2.05) is 24.5 Å². The van der Waals surface area contributed by atoms with Gasteiger partial charge in [0.1, 0.15) is 0 Å². The van der Waals surface area contributed by atoms with Crippen LogP contribution in [0.15, 0.2) is 24.3 Å². The number of hydrogen-bond donors (Lipinski definition) is 3. The molecule has 0 aliphatic rings. The average Bonchev–Trinajstić information content (AvgIpc) is 2.15. The average molecular weight is 212 g/mol. The second-order valence-electron chi connectivity index (χ2n) is 3.00. The minimum atomic E-state index is -1.42. The van der Waals surface area contributed by atoms with Crippen LogP contribution in [0.2, 0.25) is 0 Å². The van der Waals surface area contributed by atoms with Crippen molar-refractivity contribution in [1.29, 1.82) is 0 Å². The Kier molecular flexibility index (Phi) is 4.28. The Hall–Kier alpha value is -0.685. The fourth-order valence-electron chi connectivity index (χ4n) is 0.907. The molecule has 4 nitrogen and oxygen atoms in total. The first-order chi connectivity index (χ1) is 6.59. The Morgan fingerprint density at radius 1 is 1.36 bits per heavy atom. The van der Waals surface area contributed by atoms with Crippen LogP contribution in [0.4, 0.5) is 5.69 Å². The zero-order valence-corrected chi connectivity index (χ0v) is 8.95.